The third kappa shape index (κ3) is 8.91. The van der Waals surface area contributed by atoms with E-state index in [0.29, 0.717) is 77.7 Å². The first-order chi connectivity index (χ1) is 15.9. The molecule has 2 fully saturated rings. The third-order valence-corrected chi connectivity index (χ3v) is 6.03. The maximum Gasteiger partial charge on any atom is 1.00 e. The zero-order valence-corrected chi connectivity index (χ0v) is 20.6. The molecule has 0 aliphatic carbocycles. The third-order valence-electron chi connectivity index (χ3n) is 6.03. The van der Waals surface area contributed by atoms with Crippen molar-refractivity contribution in [1.29, 1.82) is 0 Å². The summed E-state index contributed by atoms with van der Waals surface area (Å²) in [6.07, 6.45) is 4.41. The molecule has 0 unspecified atom stereocenters. The van der Waals surface area contributed by atoms with Gasteiger partial charge in [0, 0.05) is 71.7 Å². The summed E-state index contributed by atoms with van der Waals surface area (Å²) in [4.78, 5) is 52.2. The largest absolute Gasteiger partial charge is 1.00 e. The van der Waals surface area contributed by atoms with Crippen LogP contribution in [-0.2, 0) is 19.1 Å². The first-order valence-electron chi connectivity index (χ1n) is 11.7. The van der Waals surface area contributed by atoms with E-state index in [1.165, 1.54) is 6.92 Å². The summed E-state index contributed by atoms with van der Waals surface area (Å²) in [5.41, 5.74) is 0.783. The van der Waals surface area contributed by atoms with E-state index in [2.05, 4.69) is 26.7 Å². The van der Waals surface area contributed by atoms with Crippen LogP contribution in [0.4, 0.5) is 5.95 Å². The maximum absolute atomic E-state index is 12.5. The fourth-order valence-electron chi connectivity index (χ4n) is 3.94. The van der Waals surface area contributed by atoms with E-state index >= 15 is 0 Å². The molecule has 11 heteroatoms. The summed E-state index contributed by atoms with van der Waals surface area (Å²) >= 11 is 0. The Kier molecular flexibility index (Phi) is 11.8. The number of hydrogen-bond acceptors (Lipinski definition) is 8. The monoisotopic (exact) mass is 466 g/mol. The average Bonchev–Trinajstić information content (AvgIpc) is 2.83. The molecular formula is C23H35LiN6O4. The van der Waals surface area contributed by atoms with Crippen LogP contribution < -0.4 is 23.8 Å². The minimum absolute atomic E-state index is 0. The second kappa shape index (κ2) is 14.3. The topological polar surface area (TPSA) is 99.2 Å². The van der Waals surface area contributed by atoms with Crippen LogP contribution in [0.2, 0.25) is 0 Å². The zero-order chi connectivity index (χ0) is 23.6. The van der Waals surface area contributed by atoms with Crippen LogP contribution >= 0.6 is 0 Å². The molecule has 10 nitrogen and oxygen atoms in total. The van der Waals surface area contributed by atoms with Gasteiger partial charge in [-0.2, -0.15) is 12.5 Å². The van der Waals surface area contributed by atoms with E-state index in [-0.39, 0.29) is 36.5 Å². The van der Waals surface area contributed by atoms with Gasteiger partial charge in [-0.3, -0.25) is 24.5 Å². The van der Waals surface area contributed by atoms with Crippen molar-refractivity contribution in [3.63, 3.8) is 0 Å². The smallest absolute Gasteiger partial charge is 0.380 e. The van der Waals surface area contributed by atoms with Gasteiger partial charge in [0.2, 0.25) is 11.8 Å². The molecule has 0 bridgehead atoms. The molecule has 2 aliphatic heterocycles. The molecule has 2 saturated heterocycles. The van der Waals surface area contributed by atoms with Crippen molar-refractivity contribution in [1.82, 2.24) is 24.7 Å². The van der Waals surface area contributed by atoms with Crippen molar-refractivity contribution in [2.24, 2.45) is 0 Å². The van der Waals surface area contributed by atoms with Crippen LogP contribution in [0.25, 0.3) is 0 Å². The van der Waals surface area contributed by atoms with Gasteiger partial charge >= 0.3 is 18.9 Å². The van der Waals surface area contributed by atoms with Gasteiger partial charge in [0.05, 0.1) is 19.6 Å². The summed E-state index contributed by atoms with van der Waals surface area (Å²) in [6.45, 7) is 12.8. The molecule has 0 aromatic carbocycles. The van der Waals surface area contributed by atoms with Gasteiger partial charge in [-0.25, -0.2) is 0 Å². The number of ketones is 1. The van der Waals surface area contributed by atoms with Gasteiger partial charge in [0.1, 0.15) is 5.78 Å². The Morgan fingerprint density at radius 2 is 1.41 bits per heavy atom. The molecular weight excluding hydrogens is 431 g/mol. The average molecular weight is 467 g/mol. The van der Waals surface area contributed by atoms with Crippen molar-refractivity contribution in [3.05, 3.63) is 24.9 Å². The summed E-state index contributed by atoms with van der Waals surface area (Å²) in [5.74, 6) is 0.902. The summed E-state index contributed by atoms with van der Waals surface area (Å²) in [7, 11) is 0. The van der Waals surface area contributed by atoms with E-state index in [9.17, 15) is 14.4 Å². The quantitative estimate of drug-likeness (QED) is 0.208. The Hall–Kier alpha value is -2.12. The standard InChI is InChI=1S/C23H35N6O4.Li/c1-19-17-24-23(25-18-19)29-12-10-28(11-13-29)22(32)5-15-33-16-14-26-6-8-27(9-7-26)21(31)4-3-20(2)30;/h17-18H,1,3-16H2,2H3;/q-1;+1. The number of rotatable bonds is 10. The Morgan fingerprint density at radius 1 is 0.853 bits per heavy atom. The molecule has 2 aliphatic rings. The number of anilines is 1. The molecule has 0 spiro atoms. The second-order valence-corrected chi connectivity index (χ2v) is 8.55. The number of ether oxygens (including phenoxy) is 1. The number of hydrogen-bond donors (Lipinski definition) is 0. The van der Waals surface area contributed by atoms with Gasteiger partial charge in [-0.15, -0.1) is 0 Å². The fraction of sp³-hybridized carbons (Fsp3) is 0.652. The molecule has 182 valence electrons. The van der Waals surface area contributed by atoms with Crippen LogP contribution in [0.5, 0.6) is 0 Å². The Balaban J connectivity index is 0.00000408. The molecule has 2 amide bonds. The Morgan fingerprint density at radius 3 is 2.00 bits per heavy atom. The fourth-order valence-corrected chi connectivity index (χ4v) is 3.94. The molecule has 0 radical (unpaired) electrons. The molecule has 0 saturated carbocycles. The molecule has 3 heterocycles. The van der Waals surface area contributed by atoms with Gasteiger partial charge in [-0.1, -0.05) is 12.4 Å². The summed E-state index contributed by atoms with van der Waals surface area (Å²) in [6, 6.07) is 0. The Bertz CT molecular complexity index is 793. The van der Waals surface area contributed by atoms with Crippen LogP contribution in [0, 0.1) is 6.92 Å². The predicted octanol–water partition coefficient (Wildman–Crippen LogP) is -2.77. The van der Waals surface area contributed by atoms with Crippen molar-refractivity contribution in [2.45, 2.75) is 26.2 Å². The van der Waals surface area contributed by atoms with E-state index in [0.717, 1.165) is 25.2 Å². The zero-order valence-electron chi connectivity index (χ0n) is 20.6. The molecule has 34 heavy (non-hydrogen) atoms. The SMILES string of the molecule is [CH2-]c1cnc(N2CCN(C(=O)CCOCCN3CCN(C(=O)CCC(C)=O)CC3)CC2)nc1.[Li+]. The number of amides is 2. The number of piperazine rings is 2. The van der Waals surface area contributed by atoms with E-state index in [1.807, 2.05) is 9.80 Å². The molecule has 1 aromatic rings. The number of carbonyl (C=O) groups is 3. The summed E-state index contributed by atoms with van der Waals surface area (Å²) < 4.78 is 5.70. The molecule has 3 rings (SSSR count). The minimum atomic E-state index is 0. The second-order valence-electron chi connectivity index (χ2n) is 8.55. The van der Waals surface area contributed by atoms with Crippen molar-refractivity contribution in [3.8, 4) is 0 Å². The van der Waals surface area contributed by atoms with Crippen molar-refractivity contribution in [2.75, 3.05) is 77.0 Å². The van der Waals surface area contributed by atoms with Crippen LogP contribution in [0.3, 0.4) is 0 Å². The predicted molar refractivity (Wildman–Crippen MR) is 124 cm³/mol. The van der Waals surface area contributed by atoms with Gasteiger partial charge in [-0.05, 0) is 6.92 Å². The van der Waals surface area contributed by atoms with Crippen LogP contribution in [0.15, 0.2) is 12.4 Å². The van der Waals surface area contributed by atoms with Gasteiger partial charge < -0.3 is 24.2 Å². The van der Waals surface area contributed by atoms with Crippen molar-refractivity contribution >= 4 is 23.5 Å². The van der Waals surface area contributed by atoms with E-state index < -0.39 is 0 Å². The minimum Gasteiger partial charge on any atom is -0.380 e. The molecule has 1 aromatic heterocycles. The normalized spacial score (nSPS) is 16.8. The van der Waals surface area contributed by atoms with E-state index in [1.54, 1.807) is 12.4 Å². The van der Waals surface area contributed by atoms with Crippen LogP contribution in [0.1, 0.15) is 31.7 Å². The number of Topliss-reactive ketones (excluding diaryl/α,β-unsaturated/α-hetero) is 1. The molecule has 0 N–H and O–H groups in total. The number of nitrogens with zero attached hydrogens (tertiary/aromatic N) is 6. The van der Waals surface area contributed by atoms with Gasteiger partial charge in [0.15, 0.2) is 5.95 Å². The van der Waals surface area contributed by atoms with Crippen molar-refractivity contribution < 1.29 is 38.0 Å². The Labute approximate surface area is 214 Å². The number of carbonyl (C=O) groups excluding carboxylic acids is 3. The van der Waals surface area contributed by atoms with Crippen LogP contribution in [-0.4, -0.2) is 114 Å². The summed E-state index contributed by atoms with van der Waals surface area (Å²) in [5, 5.41) is 0. The first kappa shape index (κ1) is 28.1. The molecule has 0 atom stereocenters. The van der Waals surface area contributed by atoms with Gasteiger partial charge in [0.25, 0.3) is 0 Å². The van der Waals surface area contributed by atoms with E-state index in [4.69, 9.17) is 4.74 Å². The first-order valence-corrected chi connectivity index (χ1v) is 11.7. The maximum atomic E-state index is 12.5. The number of aromatic nitrogens is 2.